The zero-order valence-electron chi connectivity index (χ0n) is 41.6. The minimum atomic E-state index is -0.894. The van der Waals surface area contributed by atoms with Gasteiger partial charge in [0.2, 0.25) is 0 Å². The Balaban J connectivity index is 1.05. The van der Waals surface area contributed by atoms with E-state index in [4.69, 9.17) is 18.3 Å². The number of anilines is 6. The van der Waals surface area contributed by atoms with E-state index in [1.807, 2.05) is 34.8 Å². The number of fused-ring (bicyclic) bond motifs is 20. The quantitative estimate of drug-likeness (QED) is 0.165. The van der Waals surface area contributed by atoms with Gasteiger partial charge in [-0.3, -0.25) is 0 Å². The van der Waals surface area contributed by atoms with E-state index in [0.29, 0.717) is 0 Å². The first-order valence-electron chi connectivity index (χ1n) is 26.2. The molecule has 0 unspecified atom stereocenters. The number of hydrogen-bond acceptors (Lipinski definition) is 8. The molecule has 6 nitrogen and oxygen atoms in total. The van der Waals surface area contributed by atoms with Crippen LogP contribution in [-0.4, -0.2) is 0 Å². The molecule has 17 rings (SSSR count). The number of rotatable bonds is 6. The lowest BCUT2D eigenvalue weighted by Gasteiger charge is -2.50. The third kappa shape index (κ3) is 5.85. The van der Waals surface area contributed by atoms with Gasteiger partial charge in [0.1, 0.15) is 55.3 Å². The summed E-state index contributed by atoms with van der Waals surface area (Å²) in [6.45, 7) is 0. The molecule has 14 aromatic rings. The first-order valence-corrected chi connectivity index (χ1v) is 27.9. The molecule has 0 N–H and O–H groups in total. The van der Waals surface area contributed by atoms with Gasteiger partial charge in [0, 0.05) is 54.2 Å². The van der Waals surface area contributed by atoms with Gasteiger partial charge in [0.15, 0.2) is 0 Å². The molecular formula is C70H42N2O4S2. The lowest BCUT2D eigenvalue weighted by Crippen LogP contribution is -2.45. The van der Waals surface area contributed by atoms with Gasteiger partial charge in [0.25, 0.3) is 0 Å². The Kier molecular flexibility index (Phi) is 9.20. The molecule has 6 heterocycles. The van der Waals surface area contributed by atoms with Crippen molar-refractivity contribution in [3.05, 3.63) is 298 Å². The molecule has 0 radical (unpaired) electrons. The second-order valence-corrected chi connectivity index (χ2v) is 22.2. The average molecular weight is 1040 g/mol. The smallest absolute Gasteiger partial charge is 0.137 e. The molecule has 368 valence electrons. The maximum atomic E-state index is 7.08. The van der Waals surface area contributed by atoms with Gasteiger partial charge in [-0.25, -0.2) is 0 Å². The molecule has 0 saturated heterocycles. The van der Waals surface area contributed by atoms with E-state index < -0.39 is 10.8 Å². The van der Waals surface area contributed by atoms with Crippen LogP contribution in [0, 0.1) is 0 Å². The summed E-state index contributed by atoms with van der Waals surface area (Å²) in [5.74, 6) is 3.29. The van der Waals surface area contributed by atoms with E-state index in [-0.39, 0.29) is 0 Å². The fraction of sp³-hybridized carbons (Fsp3) is 0.0286. The summed E-state index contributed by atoms with van der Waals surface area (Å²) in [6.07, 6.45) is 0. The molecule has 0 fully saturated rings. The van der Waals surface area contributed by atoms with E-state index >= 15 is 0 Å². The summed E-state index contributed by atoms with van der Waals surface area (Å²) >= 11 is 3.71. The van der Waals surface area contributed by atoms with Crippen molar-refractivity contribution in [1.82, 2.24) is 0 Å². The average Bonchev–Trinajstić information content (AvgIpc) is 4.47. The van der Waals surface area contributed by atoms with Gasteiger partial charge in [-0.1, -0.05) is 158 Å². The van der Waals surface area contributed by atoms with Crippen molar-refractivity contribution in [2.45, 2.75) is 10.8 Å². The van der Waals surface area contributed by atoms with Gasteiger partial charge >= 0.3 is 0 Å². The molecule has 8 heteroatoms. The van der Waals surface area contributed by atoms with E-state index in [1.54, 1.807) is 0 Å². The highest BCUT2D eigenvalue weighted by Gasteiger charge is 2.61. The standard InChI is InChI=1S/C70H42N2O4S2/c1-3-21-43(22-4-1)71(53-31-19-39-61-65(53)45-25-7-13-33-55(45)73-61)63-41-51-67(77-63)70(49-29-11-17-37-59(49)76-60-38-18-12-30-50(60)70)52-42-64(78-68(52)69(51)47-27-9-15-35-57(47)75-58-36-16-10-28-48(58)69)72(44-23-5-2-6-24-44)54-32-20-40-62-66(54)46-26-8-14-34-56(46)74-62/h1-42H. The fourth-order valence-corrected chi connectivity index (χ4v) is 16.2. The molecule has 4 aromatic heterocycles. The highest BCUT2D eigenvalue weighted by molar-refractivity contribution is 7.18. The Labute approximate surface area is 456 Å². The van der Waals surface area contributed by atoms with Crippen molar-refractivity contribution in [3.8, 4) is 23.0 Å². The normalized spacial score (nSPS) is 14.1. The largest absolute Gasteiger partial charge is 0.457 e. The maximum absolute atomic E-state index is 7.08. The molecule has 0 saturated carbocycles. The molecule has 2 aliphatic heterocycles. The molecule has 0 amide bonds. The van der Waals surface area contributed by atoms with Crippen LogP contribution in [0.25, 0.3) is 43.9 Å². The highest BCUT2D eigenvalue weighted by atomic mass is 32.1. The van der Waals surface area contributed by atoms with E-state index in [1.165, 1.54) is 20.9 Å². The second kappa shape index (κ2) is 16.5. The Bertz CT molecular complexity index is 4300. The van der Waals surface area contributed by atoms with E-state index in [0.717, 1.165) is 122 Å². The molecule has 10 aromatic carbocycles. The van der Waals surface area contributed by atoms with Crippen LogP contribution in [0.1, 0.15) is 43.1 Å². The first kappa shape index (κ1) is 43.6. The van der Waals surface area contributed by atoms with Crippen LogP contribution in [-0.2, 0) is 10.8 Å². The molecular weight excluding hydrogens is 997 g/mol. The maximum Gasteiger partial charge on any atom is 0.137 e. The van der Waals surface area contributed by atoms with Crippen LogP contribution in [0.3, 0.4) is 0 Å². The lowest BCUT2D eigenvalue weighted by molar-refractivity contribution is 0.418. The number of hydrogen-bond donors (Lipinski definition) is 0. The second-order valence-electron chi connectivity index (χ2n) is 20.2. The predicted octanol–water partition coefficient (Wildman–Crippen LogP) is 19.8. The minimum absolute atomic E-state index is 0.823. The van der Waals surface area contributed by atoms with Crippen molar-refractivity contribution < 1.29 is 18.3 Å². The summed E-state index contributed by atoms with van der Waals surface area (Å²) in [6, 6.07) is 91.0. The number of furan rings is 2. The zero-order chi connectivity index (χ0) is 51.1. The molecule has 0 bridgehead atoms. The van der Waals surface area contributed by atoms with E-state index in [2.05, 4.69) is 252 Å². The molecule has 3 aliphatic rings. The van der Waals surface area contributed by atoms with Gasteiger partial charge in [-0.15, -0.1) is 22.7 Å². The van der Waals surface area contributed by atoms with Crippen LogP contribution in [0.4, 0.5) is 32.8 Å². The van der Waals surface area contributed by atoms with Gasteiger partial charge in [0.05, 0.1) is 33.0 Å². The predicted molar refractivity (Wildman–Crippen MR) is 316 cm³/mol. The van der Waals surface area contributed by atoms with Crippen LogP contribution in [0.5, 0.6) is 23.0 Å². The number of ether oxygens (including phenoxy) is 2. The van der Waals surface area contributed by atoms with Crippen LogP contribution >= 0.6 is 22.7 Å². The number of thiophene rings is 2. The summed E-state index contributed by atoms with van der Waals surface area (Å²) in [5, 5.41) is 6.36. The van der Waals surface area contributed by atoms with Gasteiger partial charge < -0.3 is 28.1 Å². The third-order valence-corrected chi connectivity index (χ3v) is 18.7. The number of benzene rings is 10. The summed E-state index contributed by atoms with van der Waals surface area (Å²) in [5.41, 5.74) is 12.4. The minimum Gasteiger partial charge on any atom is -0.457 e. The van der Waals surface area contributed by atoms with Crippen molar-refractivity contribution in [2.75, 3.05) is 9.80 Å². The van der Waals surface area contributed by atoms with Crippen molar-refractivity contribution in [1.29, 1.82) is 0 Å². The fourth-order valence-electron chi connectivity index (χ4n) is 13.2. The Morgan fingerprint density at radius 1 is 0.295 bits per heavy atom. The summed E-state index contributed by atoms with van der Waals surface area (Å²) < 4.78 is 27.4. The van der Waals surface area contributed by atoms with Crippen LogP contribution in [0.15, 0.2) is 264 Å². The van der Waals surface area contributed by atoms with Crippen molar-refractivity contribution in [3.63, 3.8) is 0 Å². The van der Waals surface area contributed by atoms with Gasteiger partial charge in [-0.2, -0.15) is 0 Å². The topological polar surface area (TPSA) is 51.2 Å². The third-order valence-electron chi connectivity index (χ3n) is 16.2. The highest BCUT2D eigenvalue weighted by Crippen LogP contribution is 2.71. The Hall–Kier alpha value is -9.60. The monoisotopic (exact) mass is 1040 g/mol. The molecule has 2 spiro atoms. The Morgan fingerprint density at radius 3 is 1.03 bits per heavy atom. The van der Waals surface area contributed by atoms with Crippen LogP contribution < -0.4 is 19.3 Å². The number of para-hydroxylation sites is 8. The lowest BCUT2D eigenvalue weighted by atomic mass is 9.54. The summed E-state index contributed by atoms with van der Waals surface area (Å²) in [7, 11) is 0. The van der Waals surface area contributed by atoms with Crippen molar-refractivity contribution in [2.24, 2.45) is 0 Å². The van der Waals surface area contributed by atoms with E-state index in [9.17, 15) is 0 Å². The summed E-state index contributed by atoms with van der Waals surface area (Å²) in [4.78, 5) is 7.30. The first-order chi connectivity index (χ1) is 38.7. The zero-order valence-corrected chi connectivity index (χ0v) is 43.2. The Morgan fingerprint density at radius 2 is 0.628 bits per heavy atom. The van der Waals surface area contributed by atoms with Gasteiger partial charge in [-0.05, 0) is 108 Å². The SMILES string of the molecule is c1ccc(N(c2cc3c(s2)C2(c4ccccc4Oc4ccccc42)c2cc(N(c4ccccc4)c4cccc5oc6ccccc6c45)sc2C32c3ccccc3Oc3ccccc32)c2cccc3oc4ccccc4c23)cc1. The van der Waals surface area contributed by atoms with Crippen molar-refractivity contribution >= 4 is 99.3 Å². The molecule has 0 atom stereocenters. The van der Waals surface area contributed by atoms with Crippen LogP contribution in [0.2, 0.25) is 0 Å². The molecule has 1 aliphatic carbocycles. The molecule has 78 heavy (non-hydrogen) atoms. The number of nitrogens with zero attached hydrogens (tertiary/aromatic N) is 2.